The van der Waals surface area contributed by atoms with Crippen molar-refractivity contribution in [3.8, 4) is 11.5 Å². The maximum Gasteiger partial charge on any atom is 0.251 e. The van der Waals surface area contributed by atoms with Crippen molar-refractivity contribution in [3.05, 3.63) is 83.4 Å². The average Bonchev–Trinajstić information content (AvgIpc) is 2.92. The molecule has 3 aromatic rings. The standard InChI is InChI=1S/C29H36N4O3/c1-31(2)25-11-9-24(10-12-25)29(34)30-20-22-6-5-7-26(18-22)33-16-14-32(15-17-33)21-23-8-13-27(35-3)28(19-23)36-4/h5-13,18-19H,14-17,20-21H2,1-4H3,(H,30,34). The summed E-state index contributed by atoms with van der Waals surface area (Å²) in [6.45, 7) is 5.27. The van der Waals surface area contributed by atoms with Crippen molar-refractivity contribution < 1.29 is 14.3 Å². The number of carbonyl (C=O) groups excluding carboxylic acids is 1. The van der Waals surface area contributed by atoms with Crippen LogP contribution in [-0.4, -0.2) is 65.3 Å². The molecule has 7 heteroatoms. The van der Waals surface area contributed by atoms with Crippen LogP contribution in [-0.2, 0) is 13.1 Å². The van der Waals surface area contributed by atoms with Gasteiger partial charge in [-0.25, -0.2) is 0 Å². The van der Waals surface area contributed by atoms with Crippen molar-refractivity contribution in [2.45, 2.75) is 13.1 Å². The normalized spacial score (nSPS) is 13.8. The lowest BCUT2D eigenvalue weighted by Gasteiger charge is -2.36. The SMILES string of the molecule is COc1ccc(CN2CCN(c3cccc(CNC(=O)c4ccc(N(C)C)cc4)c3)CC2)cc1OC. The van der Waals surface area contributed by atoms with Crippen LogP contribution in [0.4, 0.5) is 11.4 Å². The van der Waals surface area contributed by atoms with Crippen LogP contribution >= 0.6 is 0 Å². The van der Waals surface area contributed by atoms with E-state index in [1.54, 1.807) is 14.2 Å². The summed E-state index contributed by atoms with van der Waals surface area (Å²) >= 11 is 0. The van der Waals surface area contributed by atoms with Crippen LogP contribution < -0.4 is 24.6 Å². The molecule has 1 aliphatic heterocycles. The van der Waals surface area contributed by atoms with Gasteiger partial charge in [0.05, 0.1) is 14.2 Å². The van der Waals surface area contributed by atoms with Gasteiger partial charge in [-0.2, -0.15) is 0 Å². The highest BCUT2D eigenvalue weighted by Crippen LogP contribution is 2.28. The van der Waals surface area contributed by atoms with Gasteiger partial charge in [0.25, 0.3) is 5.91 Å². The molecule has 4 rings (SSSR count). The summed E-state index contributed by atoms with van der Waals surface area (Å²) < 4.78 is 10.8. The molecule has 0 atom stereocenters. The number of benzene rings is 3. The van der Waals surface area contributed by atoms with Gasteiger partial charge >= 0.3 is 0 Å². The van der Waals surface area contributed by atoms with Crippen molar-refractivity contribution in [1.29, 1.82) is 0 Å². The number of nitrogens with zero attached hydrogens (tertiary/aromatic N) is 3. The highest BCUT2D eigenvalue weighted by Gasteiger charge is 2.18. The summed E-state index contributed by atoms with van der Waals surface area (Å²) in [7, 11) is 7.30. The Morgan fingerprint density at radius 3 is 2.25 bits per heavy atom. The molecule has 1 N–H and O–H groups in total. The largest absolute Gasteiger partial charge is 0.493 e. The zero-order valence-corrected chi connectivity index (χ0v) is 21.7. The topological polar surface area (TPSA) is 57.3 Å². The highest BCUT2D eigenvalue weighted by molar-refractivity contribution is 5.94. The number of rotatable bonds is 9. The molecule has 0 aromatic heterocycles. The number of piperazine rings is 1. The Balaban J connectivity index is 1.29. The van der Waals surface area contributed by atoms with Crippen LogP contribution in [0.25, 0.3) is 0 Å². The molecule has 0 spiro atoms. The Morgan fingerprint density at radius 2 is 1.58 bits per heavy atom. The van der Waals surface area contributed by atoms with E-state index in [1.807, 2.05) is 49.3 Å². The third kappa shape index (κ3) is 6.29. The lowest BCUT2D eigenvalue weighted by Crippen LogP contribution is -2.46. The third-order valence-electron chi connectivity index (χ3n) is 6.60. The van der Waals surface area contributed by atoms with Crippen LogP contribution in [0.2, 0.25) is 0 Å². The predicted molar refractivity (Wildman–Crippen MR) is 145 cm³/mol. The molecule has 36 heavy (non-hydrogen) atoms. The van der Waals surface area contributed by atoms with Gasteiger partial charge in [-0.15, -0.1) is 0 Å². The first-order valence-corrected chi connectivity index (χ1v) is 12.3. The molecule has 0 unspecified atom stereocenters. The van der Waals surface area contributed by atoms with E-state index in [-0.39, 0.29) is 5.91 Å². The van der Waals surface area contributed by atoms with Gasteiger partial charge in [-0.1, -0.05) is 18.2 Å². The number of hydrogen-bond acceptors (Lipinski definition) is 6. The van der Waals surface area contributed by atoms with Gasteiger partial charge in [0.2, 0.25) is 0 Å². The van der Waals surface area contributed by atoms with Gasteiger partial charge in [0.15, 0.2) is 11.5 Å². The van der Waals surface area contributed by atoms with Crippen molar-refractivity contribution in [3.63, 3.8) is 0 Å². The fraction of sp³-hybridized carbons (Fsp3) is 0.345. The Labute approximate surface area is 214 Å². The molecule has 7 nitrogen and oxygen atoms in total. The maximum absolute atomic E-state index is 12.6. The van der Waals surface area contributed by atoms with Crippen molar-refractivity contribution in [2.75, 3.05) is 64.3 Å². The van der Waals surface area contributed by atoms with Crippen molar-refractivity contribution >= 4 is 17.3 Å². The van der Waals surface area contributed by atoms with E-state index in [2.05, 4.69) is 51.5 Å². The number of hydrogen-bond donors (Lipinski definition) is 1. The molecule has 1 heterocycles. The molecule has 190 valence electrons. The average molecular weight is 489 g/mol. The minimum atomic E-state index is -0.0607. The summed E-state index contributed by atoms with van der Waals surface area (Å²) in [5.74, 6) is 1.46. The zero-order valence-electron chi connectivity index (χ0n) is 21.7. The number of carbonyl (C=O) groups is 1. The highest BCUT2D eigenvalue weighted by atomic mass is 16.5. The Kier molecular flexibility index (Phi) is 8.33. The number of nitrogens with one attached hydrogen (secondary N) is 1. The first kappa shape index (κ1) is 25.4. The smallest absolute Gasteiger partial charge is 0.251 e. The first-order valence-electron chi connectivity index (χ1n) is 12.3. The second-order valence-electron chi connectivity index (χ2n) is 9.25. The minimum absolute atomic E-state index is 0.0607. The molecule has 0 saturated carbocycles. The predicted octanol–water partition coefficient (Wildman–Crippen LogP) is 4.02. The maximum atomic E-state index is 12.6. The zero-order chi connectivity index (χ0) is 25.5. The van der Waals surface area contributed by atoms with E-state index >= 15 is 0 Å². The van der Waals surface area contributed by atoms with Crippen LogP contribution in [0.1, 0.15) is 21.5 Å². The summed E-state index contributed by atoms with van der Waals surface area (Å²) in [5.41, 5.74) is 5.25. The number of anilines is 2. The molecular weight excluding hydrogens is 452 g/mol. The lowest BCUT2D eigenvalue weighted by atomic mass is 10.1. The van der Waals surface area contributed by atoms with Gasteiger partial charge in [0, 0.05) is 70.3 Å². The van der Waals surface area contributed by atoms with E-state index in [0.29, 0.717) is 12.1 Å². The Bertz CT molecular complexity index is 1160. The van der Waals surface area contributed by atoms with E-state index in [0.717, 1.165) is 55.5 Å². The summed E-state index contributed by atoms with van der Waals surface area (Å²) in [6.07, 6.45) is 0. The molecular formula is C29H36N4O3. The fourth-order valence-corrected chi connectivity index (χ4v) is 4.46. The van der Waals surface area contributed by atoms with Gasteiger partial charge in [0.1, 0.15) is 0 Å². The molecule has 0 aliphatic carbocycles. The van der Waals surface area contributed by atoms with Crippen LogP contribution in [0, 0.1) is 0 Å². The molecule has 3 aromatic carbocycles. The number of ether oxygens (including phenoxy) is 2. The van der Waals surface area contributed by atoms with Gasteiger partial charge in [-0.3, -0.25) is 9.69 Å². The summed E-state index contributed by atoms with van der Waals surface area (Å²) in [4.78, 5) is 19.5. The quantitative estimate of drug-likeness (QED) is 0.491. The van der Waals surface area contributed by atoms with E-state index < -0.39 is 0 Å². The number of amides is 1. The molecule has 0 radical (unpaired) electrons. The number of methoxy groups -OCH3 is 2. The molecule has 1 saturated heterocycles. The molecule has 1 aliphatic rings. The Morgan fingerprint density at radius 1 is 0.861 bits per heavy atom. The molecule has 1 fully saturated rings. The Hall–Kier alpha value is -3.71. The van der Waals surface area contributed by atoms with Crippen molar-refractivity contribution in [1.82, 2.24) is 10.2 Å². The van der Waals surface area contributed by atoms with Crippen molar-refractivity contribution in [2.24, 2.45) is 0 Å². The van der Waals surface area contributed by atoms with Gasteiger partial charge in [-0.05, 0) is 59.7 Å². The van der Waals surface area contributed by atoms with Gasteiger partial charge < -0.3 is 24.6 Å². The summed E-state index contributed by atoms with van der Waals surface area (Å²) in [5, 5.41) is 3.05. The summed E-state index contributed by atoms with van der Waals surface area (Å²) in [6, 6.07) is 22.2. The van der Waals surface area contributed by atoms with E-state index in [1.165, 1.54) is 11.3 Å². The van der Waals surface area contributed by atoms with E-state index in [9.17, 15) is 4.79 Å². The minimum Gasteiger partial charge on any atom is -0.493 e. The first-order chi connectivity index (χ1) is 17.5. The monoisotopic (exact) mass is 488 g/mol. The molecule has 1 amide bonds. The second-order valence-corrected chi connectivity index (χ2v) is 9.25. The second kappa shape index (κ2) is 11.8. The van der Waals surface area contributed by atoms with E-state index in [4.69, 9.17) is 9.47 Å². The van der Waals surface area contributed by atoms with Crippen LogP contribution in [0.15, 0.2) is 66.7 Å². The third-order valence-corrected chi connectivity index (χ3v) is 6.60. The fourth-order valence-electron chi connectivity index (χ4n) is 4.46. The van der Waals surface area contributed by atoms with Crippen LogP contribution in [0.3, 0.4) is 0 Å². The van der Waals surface area contributed by atoms with Crippen LogP contribution in [0.5, 0.6) is 11.5 Å². The molecule has 0 bridgehead atoms. The lowest BCUT2D eigenvalue weighted by molar-refractivity contribution is 0.0951.